The molecule has 1 atom stereocenters. The highest BCUT2D eigenvalue weighted by atomic mass is 35.5. The van der Waals surface area contributed by atoms with Crippen LogP contribution in [0.4, 0.5) is 14.9 Å². The maximum atomic E-state index is 13.0. The minimum Gasteiger partial charge on any atom is -0.495 e. The van der Waals surface area contributed by atoms with Crippen LogP contribution in [0.3, 0.4) is 0 Å². The molecular weight excluding hydrogens is 335 g/mol. The molecule has 128 valence electrons. The Bertz CT molecular complexity index is 723. The van der Waals surface area contributed by atoms with Crippen LogP contribution in [0.25, 0.3) is 0 Å². The summed E-state index contributed by atoms with van der Waals surface area (Å²) >= 11 is 6.03. The second kappa shape index (κ2) is 7.88. The number of carbonyl (C=O) groups excluding carboxylic acids is 1. The molecule has 0 radical (unpaired) electrons. The van der Waals surface area contributed by atoms with Crippen LogP contribution in [-0.2, 0) is 0 Å². The Morgan fingerprint density at radius 1 is 1.12 bits per heavy atom. The van der Waals surface area contributed by atoms with E-state index in [0.717, 1.165) is 5.56 Å². The number of rotatable bonds is 5. The van der Waals surface area contributed by atoms with Gasteiger partial charge in [-0.05, 0) is 24.6 Å². The first kappa shape index (κ1) is 17.9. The van der Waals surface area contributed by atoms with Crippen molar-refractivity contribution in [2.24, 2.45) is 0 Å². The Morgan fingerprint density at radius 2 is 1.75 bits per heavy atom. The van der Waals surface area contributed by atoms with Gasteiger partial charge >= 0.3 is 6.03 Å². The SMILES string of the molecule is COc1cc(NC(=O)NC(C)c2ccc(F)cc2)c(OC)cc1Cl. The van der Waals surface area contributed by atoms with Crippen molar-refractivity contribution in [2.45, 2.75) is 13.0 Å². The fraction of sp³-hybridized carbons (Fsp3) is 0.235. The monoisotopic (exact) mass is 352 g/mol. The molecule has 0 fully saturated rings. The number of amides is 2. The number of halogens is 2. The van der Waals surface area contributed by atoms with Crippen LogP contribution in [0.5, 0.6) is 11.5 Å². The maximum Gasteiger partial charge on any atom is 0.319 e. The van der Waals surface area contributed by atoms with Crippen molar-refractivity contribution in [3.63, 3.8) is 0 Å². The second-order valence-corrected chi connectivity index (χ2v) is 5.47. The topological polar surface area (TPSA) is 59.6 Å². The lowest BCUT2D eigenvalue weighted by Gasteiger charge is -2.17. The molecule has 2 amide bonds. The Hall–Kier alpha value is -2.47. The van der Waals surface area contributed by atoms with E-state index in [0.29, 0.717) is 22.2 Å². The number of methoxy groups -OCH3 is 2. The number of benzene rings is 2. The molecule has 5 nitrogen and oxygen atoms in total. The smallest absolute Gasteiger partial charge is 0.319 e. The number of ether oxygens (including phenoxy) is 2. The third-order valence-electron chi connectivity index (χ3n) is 3.44. The van der Waals surface area contributed by atoms with Crippen molar-refractivity contribution in [1.29, 1.82) is 0 Å². The van der Waals surface area contributed by atoms with E-state index in [1.807, 2.05) is 0 Å². The standard InChI is InChI=1S/C17H18ClFN2O3/c1-10(11-4-6-12(19)7-5-11)20-17(22)21-14-9-15(23-2)13(18)8-16(14)24-3/h4-10H,1-3H3,(H2,20,21,22). The lowest BCUT2D eigenvalue weighted by Crippen LogP contribution is -2.31. The molecule has 0 aliphatic rings. The van der Waals surface area contributed by atoms with E-state index in [-0.39, 0.29) is 11.9 Å². The molecular formula is C17H18ClFN2O3. The molecule has 0 heterocycles. The first-order valence-corrected chi connectivity index (χ1v) is 7.57. The van der Waals surface area contributed by atoms with Gasteiger partial charge in [-0.3, -0.25) is 0 Å². The summed E-state index contributed by atoms with van der Waals surface area (Å²) in [5.41, 5.74) is 1.20. The summed E-state index contributed by atoms with van der Waals surface area (Å²) in [6.45, 7) is 1.80. The molecule has 2 aromatic carbocycles. The van der Waals surface area contributed by atoms with Crippen LogP contribution in [0, 0.1) is 5.82 Å². The number of urea groups is 1. The normalized spacial score (nSPS) is 11.5. The summed E-state index contributed by atoms with van der Waals surface area (Å²) in [6.07, 6.45) is 0. The predicted molar refractivity (Wildman–Crippen MR) is 91.5 cm³/mol. The van der Waals surface area contributed by atoms with Crippen LogP contribution in [0.1, 0.15) is 18.5 Å². The van der Waals surface area contributed by atoms with E-state index in [1.54, 1.807) is 31.2 Å². The molecule has 0 spiro atoms. The van der Waals surface area contributed by atoms with Crippen molar-refractivity contribution in [1.82, 2.24) is 5.32 Å². The third kappa shape index (κ3) is 4.29. The molecule has 0 saturated heterocycles. The highest BCUT2D eigenvalue weighted by molar-refractivity contribution is 6.32. The zero-order valence-corrected chi connectivity index (χ0v) is 14.3. The Kier molecular flexibility index (Phi) is 5.87. The number of anilines is 1. The van der Waals surface area contributed by atoms with Crippen molar-refractivity contribution in [2.75, 3.05) is 19.5 Å². The van der Waals surface area contributed by atoms with E-state index in [4.69, 9.17) is 21.1 Å². The van der Waals surface area contributed by atoms with Gasteiger partial charge in [-0.2, -0.15) is 0 Å². The summed E-state index contributed by atoms with van der Waals surface area (Å²) in [6, 6.07) is 8.32. The van der Waals surface area contributed by atoms with Gasteiger partial charge in [0.2, 0.25) is 0 Å². The lowest BCUT2D eigenvalue weighted by atomic mass is 10.1. The third-order valence-corrected chi connectivity index (χ3v) is 3.74. The van der Waals surface area contributed by atoms with E-state index >= 15 is 0 Å². The Morgan fingerprint density at radius 3 is 2.33 bits per heavy atom. The zero-order valence-electron chi connectivity index (χ0n) is 13.5. The molecule has 1 unspecified atom stereocenters. The first-order chi connectivity index (χ1) is 11.4. The van der Waals surface area contributed by atoms with Crippen LogP contribution in [0.15, 0.2) is 36.4 Å². The van der Waals surface area contributed by atoms with E-state index < -0.39 is 6.03 Å². The maximum absolute atomic E-state index is 13.0. The van der Waals surface area contributed by atoms with Gasteiger partial charge in [-0.1, -0.05) is 23.7 Å². The molecule has 0 bridgehead atoms. The average Bonchev–Trinajstić information content (AvgIpc) is 2.56. The largest absolute Gasteiger partial charge is 0.495 e. The highest BCUT2D eigenvalue weighted by Gasteiger charge is 2.14. The van der Waals surface area contributed by atoms with Crippen LogP contribution < -0.4 is 20.1 Å². The van der Waals surface area contributed by atoms with E-state index in [1.165, 1.54) is 26.4 Å². The quantitative estimate of drug-likeness (QED) is 0.839. The fourth-order valence-corrected chi connectivity index (χ4v) is 2.38. The van der Waals surface area contributed by atoms with Gasteiger partial charge in [-0.25, -0.2) is 9.18 Å². The second-order valence-electron chi connectivity index (χ2n) is 5.06. The van der Waals surface area contributed by atoms with Crippen LogP contribution in [-0.4, -0.2) is 20.3 Å². The summed E-state index contributed by atoms with van der Waals surface area (Å²) in [5.74, 6) is 0.498. The molecule has 0 saturated carbocycles. The zero-order chi connectivity index (χ0) is 17.7. The molecule has 0 aromatic heterocycles. The Labute approximate surface area is 144 Å². The average molecular weight is 353 g/mol. The predicted octanol–water partition coefficient (Wildman–Crippen LogP) is 4.38. The van der Waals surface area contributed by atoms with Crippen molar-refractivity contribution < 1.29 is 18.7 Å². The molecule has 7 heteroatoms. The lowest BCUT2D eigenvalue weighted by molar-refractivity contribution is 0.249. The molecule has 2 N–H and O–H groups in total. The summed E-state index contributed by atoms with van der Waals surface area (Å²) in [5, 5.41) is 5.83. The molecule has 0 aliphatic heterocycles. The van der Waals surface area contributed by atoms with Gasteiger partial charge in [0, 0.05) is 12.1 Å². The van der Waals surface area contributed by atoms with Gasteiger partial charge in [0.15, 0.2) is 0 Å². The molecule has 2 rings (SSSR count). The van der Waals surface area contributed by atoms with Crippen molar-refractivity contribution in [3.8, 4) is 11.5 Å². The minimum atomic E-state index is -0.436. The summed E-state index contributed by atoms with van der Waals surface area (Å²) in [7, 11) is 2.95. The Balaban J connectivity index is 2.10. The van der Waals surface area contributed by atoms with Crippen LogP contribution >= 0.6 is 11.6 Å². The van der Waals surface area contributed by atoms with E-state index in [2.05, 4.69) is 10.6 Å². The van der Waals surface area contributed by atoms with Crippen molar-refractivity contribution >= 4 is 23.3 Å². The highest BCUT2D eigenvalue weighted by Crippen LogP contribution is 2.35. The van der Waals surface area contributed by atoms with Gasteiger partial charge < -0.3 is 20.1 Å². The van der Waals surface area contributed by atoms with Gasteiger partial charge in [0.25, 0.3) is 0 Å². The number of hydrogen-bond donors (Lipinski definition) is 2. The molecule has 24 heavy (non-hydrogen) atoms. The van der Waals surface area contributed by atoms with Gasteiger partial charge in [-0.15, -0.1) is 0 Å². The van der Waals surface area contributed by atoms with Crippen molar-refractivity contribution in [3.05, 3.63) is 52.8 Å². The van der Waals surface area contributed by atoms with Gasteiger partial charge in [0.05, 0.1) is 31.0 Å². The number of nitrogens with one attached hydrogen (secondary N) is 2. The number of hydrogen-bond acceptors (Lipinski definition) is 3. The summed E-state index contributed by atoms with van der Waals surface area (Å²) in [4.78, 5) is 12.2. The summed E-state index contributed by atoms with van der Waals surface area (Å²) < 4.78 is 23.3. The minimum absolute atomic E-state index is 0.300. The molecule has 0 aliphatic carbocycles. The molecule has 2 aromatic rings. The van der Waals surface area contributed by atoms with Gasteiger partial charge in [0.1, 0.15) is 17.3 Å². The first-order valence-electron chi connectivity index (χ1n) is 7.19. The van der Waals surface area contributed by atoms with E-state index in [9.17, 15) is 9.18 Å². The fourth-order valence-electron chi connectivity index (χ4n) is 2.15. The number of carbonyl (C=O) groups is 1. The van der Waals surface area contributed by atoms with Crippen LogP contribution in [0.2, 0.25) is 5.02 Å².